The van der Waals surface area contributed by atoms with Crippen LogP contribution in [0.5, 0.6) is 0 Å². The molecule has 1 unspecified atom stereocenters. The van der Waals surface area contributed by atoms with Gasteiger partial charge in [-0.05, 0) is 50.9 Å². The third-order valence-corrected chi connectivity index (χ3v) is 4.43. The third kappa shape index (κ3) is 3.34. The van der Waals surface area contributed by atoms with Crippen LogP contribution in [0.15, 0.2) is 30.7 Å². The van der Waals surface area contributed by atoms with Gasteiger partial charge in [0.25, 0.3) is 0 Å². The minimum atomic E-state index is -0.456. The summed E-state index contributed by atoms with van der Waals surface area (Å²) in [6.07, 6.45) is 4.88. The van der Waals surface area contributed by atoms with Gasteiger partial charge in [0.2, 0.25) is 0 Å². The smallest absolute Gasteiger partial charge is 0.140 e. The zero-order chi connectivity index (χ0) is 15.4. The first-order valence-corrected chi connectivity index (χ1v) is 7.96. The van der Waals surface area contributed by atoms with E-state index in [1.54, 1.807) is 12.5 Å². The van der Waals surface area contributed by atoms with E-state index < -0.39 is 6.10 Å². The van der Waals surface area contributed by atoms with Crippen molar-refractivity contribution in [2.75, 3.05) is 13.1 Å². The van der Waals surface area contributed by atoms with Gasteiger partial charge in [-0.1, -0.05) is 6.07 Å². The number of hydrogen-bond acceptors (Lipinski definition) is 5. The van der Waals surface area contributed by atoms with Gasteiger partial charge >= 0.3 is 0 Å². The number of aryl methyl sites for hydroxylation is 1. The molecule has 118 valence electrons. The van der Waals surface area contributed by atoms with Crippen LogP contribution in [0.4, 0.5) is 0 Å². The maximum Gasteiger partial charge on any atom is 0.140 e. The summed E-state index contributed by atoms with van der Waals surface area (Å²) in [7, 11) is 0. The van der Waals surface area contributed by atoms with Crippen molar-refractivity contribution in [1.29, 1.82) is 0 Å². The van der Waals surface area contributed by atoms with Crippen LogP contribution in [0.1, 0.15) is 37.4 Å². The van der Waals surface area contributed by atoms with Crippen molar-refractivity contribution in [2.24, 2.45) is 5.92 Å². The molecule has 0 amide bonds. The minimum Gasteiger partial charge on any atom is -0.387 e. The number of aliphatic hydroxyl groups is 1. The first-order valence-electron chi connectivity index (χ1n) is 7.96. The zero-order valence-corrected chi connectivity index (χ0v) is 13.0. The second kappa shape index (κ2) is 6.98. The minimum absolute atomic E-state index is 0.287. The van der Waals surface area contributed by atoms with Crippen LogP contribution in [0.3, 0.4) is 0 Å². The lowest BCUT2D eigenvalue weighted by Crippen LogP contribution is -2.36. The molecule has 3 heterocycles. The Labute approximate surface area is 130 Å². The predicted molar refractivity (Wildman–Crippen MR) is 82.9 cm³/mol. The molecule has 22 heavy (non-hydrogen) atoms. The maximum atomic E-state index is 10.5. The molecule has 0 bridgehead atoms. The van der Waals surface area contributed by atoms with Gasteiger partial charge < -0.3 is 5.11 Å². The van der Waals surface area contributed by atoms with Crippen molar-refractivity contribution in [3.63, 3.8) is 0 Å². The van der Waals surface area contributed by atoms with E-state index in [2.05, 4.69) is 26.9 Å². The molecule has 0 aromatic carbocycles. The first kappa shape index (κ1) is 15.1. The molecular weight excluding hydrogens is 278 g/mol. The van der Waals surface area contributed by atoms with Crippen LogP contribution in [0.2, 0.25) is 0 Å². The third-order valence-electron chi connectivity index (χ3n) is 4.43. The molecule has 3 rings (SSSR count). The Morgan fingerprint density at radius 3 is 2.77 bits per heavy atom. The van der Waals surface area contributed by atoms with Crippen molar-refractivity contribution in [3.05, 3.63) is 42.2 Å². The van der Waals surface area contributed by atoms with E-state index >= 15 is 0 Å². The molecule has 0 aliphatic carbocycles. The molecule has 2 aromatic rings. The van der Waals surface area contributed by atoms with Crippen LogP contribution in [0.25, 0.3) is 0 Å². The van der Waals surface area contributed by atoms with Gasteiger partial charge in [0.15, 0.2) is 0 Å². The maximum absolute atomic E-state index is 10.5. The van der Waals surface area contributed by atoms with E-state index in [1.165, 1.54) is 0 Å². The van der Waals surface area contributed by atoms with Gasteiger partial charge in [-0.25, -0.2) is 9.67 Å². The Bertz CT molecular complexity index is 577. The number of piperidine rings is 1. The summed E-state index contributed by atoms with van der Waals surface area (Å²) >= 11 is 0. The highest BCUT2D eigenvalue weighted by molar-refractivity contribution is 5.08. The molecule has 1 saturated heterocycles. The fourth-order valence-electron chi connectivity index (χ4n) is 3.09. The zero-order valence-electron chi connectivity index (χ0n) is 13.0. The molecule has 2 aromatic heterocycles. The summed E-state index contributed by atoms with van der Waals surface area (Å²) in [5.41, 5.74) is 0.784. The number of likely N-dealkylation sites (tertiary alicyclic amines) is 1. The topological polar surface area (TPSA) is 67.1 Å². The fraction of sp³-hybridized carbons (Fsp3) is 0.562. The van der Waals surface area contributed by atoms with Crippen molar-refractivity contribution in [1.82, 2.24) is 24.6 Å². The Kier molecular flexibility index (Phi) is 4.80. The lowest BCUT2D eigenvalue weighted by atomic mass is 9.89. The summed E-state index contributed by atoms with van der Waals surface area (Å²) in [4.78, 5) is 11.0. The average molecular weight is 301 g/mol. The number of hydrogen-bond donors (Lipinski definition) is 1. The molecule has 0 spiro atoms. The first-order chi connectivity index (χ1) is 10.8. The van der Waals surface area contributed by atoms with Crippen molar-refractivity contribution in [2.45, 2.75) is 39.0 Å². The van der Waals surface area contributed by atoms with Gasteiger partial charge in [-0.2, -0.15) is 5.10 Å². The molecule has 6 nitrogen and oxygen atoms in total. The van der Waals surface area contributed by atoms with Crippen LogP contribution < -0.4 is 0 Å². The Balaban J connectivity index is 1.54. The highest BCUT2D eigenvalue weighted by Crippen LogP contribution is 2.29. The SMILES string of the molecule is CCn1ncnc1CN1CCC(C(O)c2ccccn2)CC1. The van der Waals surface area contributed by atoms with Gasteiger partial charge in [-0.15, -0.1) is 0 Å². The van der Waals surface area contributed by atoms with Crippen LogP contribution in [0, 0.1) is 5.92 Å². The van der Waals surface area contributed by atoms with Gasteiger partial charge in [0, 0.05) is 12.7 Å². The van der Waals surface area contributed by atoms with Crippen LogP contribution in [-0.2, 0) is 13.1 Å². The summed E-state index contributed by atoms with van der Waals surface area (Å²) < 4.78 is 1.94. The Morgan fingerprint density at radius 2 is 2.09 bits per heavy atom. The van der Waals surface area contributed by atoms with Gasteiger partial charge in [-0.3, -0.25) is 9.88 Å². The number of rotatable bonds is 5. The van der Waals surface area contributed by atoms with Crippen LogP contribution >= 0.6 is 0 Å². The standard InChI is InChI=1S/C16H23N5O/c1-2-21-15(18-12-19-21)11-20-9-6-13(7-10-20)16(22)14-5-3-4-8-17-14/h3-5,8,12-13,16,22H,2,6-7,9-11H2,1H3. The molecule has 1 aliphatic rings. The summed E-state index contributed by atoms with van der Waals surface area (Å²) in [6, 6.07) is 5.71. The predicted octanol–water partition coefficient (Wildman–Crippen LogP) is 1.64. The average Bonchev–Trinajstić information content (AvgIpc) is 3.03. The van der Waals surface area contributed by atoms with Crippen LogP contribution in [-0.4, -0.2) is 42.8 Å². The molecule has 1 fully saturated rings. The molecule has 6 heteroatoms. The van der Waals surface area contributed by atoms with E-state index in [9.17, 15) is 5.11 Å². The number of aliphatic hydroxyl groups excluding tert-OH is 1. The lowest BCUT2D eigenvalue weighted by Gasteiger charge is -2.33. The Hall–Kier alpha value is -1.79. The van der Waals surface area contributed by atoms with Crippen molar-refractivity contribution in [3.8, 4) is 0 Å². The highest BCUT2D eigenvalue weighted by Gasteiger charge is 2.27. The molecule has 0 radical (unpaired) electrons. The Morgan fingerprint density at radius 1 is 1.27 bits per heavy atom. The fourth-order valence-corrected chi connectivity index (χ4v) is 3.09. The number of pyridine rings is 1. The highest BCUT2D eigenvalue weighted by atomic mass is 16.3. The van der Waals surface area contributed by atoms with Gasteiger partial charge in [0.05, 0.1) is 18.3 Å². The molecular formula is C16H23N5O. The van der Waals surface area contributed by atoms with Gasteiger partial charge in [0.1, 0.15) is 12.2 Å². The second-order valence-electron chi connectivity index (χ2n) is 5.81. The molecule has 1 N–H and O–H groups in total. The molecule has 1 atom stereocenters. The summed E-state index contributed by atoms with van der Waals surface area (Å²) in [6.45, 7) is 5.72. The van der Waals surface area contributed by atoms with E-state index in [0.717, 1.165) is 50.5 Å². The lowest BCUT2D eigenvalue weighted by molar-refractivity contribution is 0.0529. The van der Waals surface area contributed by atoms with Crippen molar-refractivity contribution < 1.29 is 5.11 Å². The largest absolute Gasteiger partial charge is 0.387 e. The quantitative estimate of drug-likeness (QED) is 0.909. The van der Waals surface area contributed by atoms with E-state index in [1.807, 2.05) is 22.9 Å². The van der Waals surface area contributed by atoms with Crippen molar-refractivity contribution >= 4 is 0 Å². The monoisotopic (exact) mass is 301 g/mol. The van der Waals surface area contributed by atoms with E-state index in [-0.39, 0.29) is 5.92 Å². The molecule has 0 saturated carbocycles. The summed E-state index contributed by atoms with van der Waals surface area (Å²) in [5.74, 6) is 1.31. The second-order valence-corrected chi connectivity index (χ2v) is 5.81. The summed E-state index contributed by atoms with van der Waals surface area (Å²) in [5, 5.41) is 14.7. The number of nitrogens with zero attached hydrogens (tertiary/aromatic N) is 5. The van der Waals surface area contributed by atoms with E-state index in [0.29, 0.717) is 0 Å². The molecule has 1 aliphatic heterocycles. The van der Waals surface area contributed by atoms with E-state index in [4.69, 9.17) is 0 Å². The normalized spacial score (nSPS) is 18.5. The number of aromatic nitrogens is 4.